The fourth-order valence-corrected chi connectivity index (χ4v) is 4.71. The number of carbonyl (C=O) groups excluding carboxylic acids is 3. The highest BCUT2D eigenvalue weighted by atomic mass is 19.1. The van der Waals surface area contributed by atoms with Gasteiger partial charge in [0.1, 0.15) is 5.82 Å². The molecule has 2 amide bonds. The van der Waals surface area contributed by atoms with E-state index in [0.29, 0.717) is 23.4 Å². The molecular formula is C31H31FN2O4. The molecule has 1 aliphatic heterocycles. The van der Waals surface area contributed by atoms with Crippen LogP contribution in [0.1, 0.15) is 53.2 Å². The Morgan fingerprint density at radius 2 is 1.66 bits per heavy atom. The second-order valence-corrected chi connectivity index (χ2v) is 9.17. The summed E-state index contributed by atoms with van der Waals surface area (Å²) >= 11 is 0. The van der Waals surface area contributed by atoms with Crippen LogP contribution in [0.25, 0.3) is 0 Å². The minimum absolute atomic E-state index is 0.0473. The molecule has 4 rings (SSSR count). The van der Waals surface area contributed by atoms with Gasteiger partial charge < -0.3 is 15.0 Å². The third-order valence-corrected chi connectivity index (χ3v) is 6.70. The number of nitrogens with zero attached hydrogens (tertiary/aromatic N) is 1. The summed E-state index contributed by atoms with van der Waals surface area (Å²) in [6, 6.07) is 23.1. The molecule has 0 spiro atoms. The predicted octanol–water partition coefficient (Wildman–Crippen LogP) is 5.15. The largest absolute Gasteiger partial charge is 0.463 e. The molecule has 3 aromatic carbocycles. The van der Waals surface area contributed by atoms with E-state index in [1.54, 1.807) is 56.3 Å². The average Bonchev–Trinajstić information content (AvgIpc) is 2.92. The van der Waals surface area contributed by atoms with E-state index in [4.69, 9.17) is 4.74 Å². The van der Waals surface area contributed by atoms with Crippen molar-refractivity contribution in [3.63, 3.8) is 0 Å². The van der Waals surface area contributed by atoms with E-state index >= 15 is 0 Å². The Morgan fingerprint density at radius 1 is 0.974 bits per heavy atom. The number of hydrogen-bond donors (Lipinski definition) is 1. The van der Waals surface area contributed by atoms with Gasteiger partial charge in [-0.15, -0.1) is 0 Å². The minimum atomic E-state index is -0.721. The average molecular weight is 515 g/mol. The van der Waals surface area contributed by atoms with Gasteiger partial charge in [-0.2, -0.15) is 0 Å². The highest BCUT2D eigenvalue weighted by molar-refractivity contribution is 5.96. The van der Waals surface area contributed by atoms with Crippen molar-refractivity contribution in [2.75, 3.05) is 13.2 Å². The zero-order valence-corrected chi connectivity index (χ0v) is 21.6. The van der Waals surface area contributed by atoms with Crippen LogP contribution in [0.3, 0.4) is 0 Å². The molecule has 196 valence electrons. The Morgan fingerprint density at radius 3 is 2.34 bits per heavy atom. The monoisotopic (exact) mass is 514 g/mol. The SMILES string of the molecule is CCOC(=O)C1=C(C)N(Cc2ccc(C(=O)NCCc3ccccc3)cc2)C(=O)CC1c1ccccc1F. The molecule has 1 N–H and O–H groups in total. The van der Waals surface area contributed by atoms with Gasteiger partial charge in [0.25, 0.3) is 5.91 Å². The lowest BCUT2D eigenvalue weighted by molar-refractivity contribution is -0.140. The number of halogens is 1. The maximum atomic E-state index is 14.6. The zero-order chi connectivity index (χ0) is 27.1. The Kier molecular flexibility index (Phi) is 8.69. The topological polar surface area (TPSA) is 75.7 Å². The normalized spacial score (nSPS) is 15.4. The standard InChI is InChI=1S/C31H31FN2O4/c1-3-38-31(37)29-21(2)34(28(35)19-26(29)25-11-7-8-12-27(25)32)20-23-13-15-24(16-14-23)30(36)33-18-17-22-9-5-4-6-10-22/h4-16,26H,3,17-20H2,1-2H3,(H,33,36). The van der Waals surface area contributed by atoms with Crippen LogP contribution in [-0.4, -0.2) is 35.8 Å². The van der Waals surface area contributed by atoms with Gasteiger partial charge >= 0.3 is 5.97 Å². The molecule has 0 radical (unpaired) electrons. The molecule has 0 aromatic heterocycles. The lowest BCUT2D eigenvalue weighted by Gasteiger charge is -2.34. The molecule has 3 aromatic rings. The molecule has 1 heterocycles. The lowest BCUT2D eigenvalue weighted by atomic mass is 9.83. The third-order valence-electron chi connectivity index (χ3n) is 6.70. The summed E-state index contributed by atoms with van der Waals surface area (Å²) in [7, 11) is 0. The maximum Gasteiger partial charge on any atom is 0.336 e. The van der Waals surface area contributed by atoms with Crippen molar-refractivity contribution < 1.29 is 23.5 Å². The minimum Gasteiger partial charge on any atom is -0.463 e. The zero-order valence-electron chi connectivity index (χ0n) is 21.6. The van der Waals surface area contributed by atoms with E-state index < -0.39 is 17.7 Å². The molecule has 6 nitrogen and oxygen atoms in total. The molecule has 38 heavy (non-hydrogen) atoms. The number of hydrogen-bond acceptors (Lipinski definition) is 4. The smallest absolute Gasteiger partial charge is 0.336 e. The van der Waals surface area contributed by atoms with Crippen molar-refractivity contribution in [3.05, 3.63) is 118 Å². The van der Waals surface area contributed by atoms with E-state index in [0.717, 1.165) is 17.5 Å². The van der Waals surface area contributed by atoms with E-state index in [9.17, 15) is 18.8 Å². The highest BCUT2D eigenvalue weighted by Crippen LogP contribution is 2.38. The lowest BCUT2D eigenvalue weighted by Crippen LogP contribution is -2.38. The number of rotatable bonds is 9. The first-order valence-corrected chi connectivity index (χ1v) is 12.7. The Balaban J connectivity index is 1.49. The number of carbonyl (C=O) groups is 3. The summed E-state index contributed by atoms with van der Waals surface area (Å²) in [5.74, 6) is -2.13. The first-order valence-electron chi connectivity index (χ1n) is 12.7. The fraction of sp³-hybridized carbons (Fsp3) is 0.258. The van der Waals surface area contributed by atoms with Crippen molar-refractivity contribution in [1.82, 2.24) is 10.2 Å². The Bertz CT molecular complexity index is 1340. The molecule has 0 bridgehead atoms. The van der Waals surface area contributed by atoms with Crippen molar-refractivity contribution in [1.29, 1.82) is 0 Å². The number of benzene rings is 3. The van der Waals surface area contributed by atoms with Gasteiger partial charge in [-0.1, -0.05) is 60.7 Å². The van der Waals surface area contributed by atoms with Crippen LogP contribution in [0, 0.1) is 5.82 Å². The van der Waals surface area contributed by atoms with E-state index in [-0.39, 0.29) is 37.0 Å². The van der Waals surface area contributed by atoms with Crippen molar-refractivity contribution in [2.24, 2.45) is 0 Å². The first-order chi connectivity index (χ1) is 18.4. The number of amides is 2. The van der Waals surface area contributed by atoms with Gasteiger partial charge in [-0.25, -0.2) is 9.18 Å². The second-order valence-electron chi connectivity index (χ2n) is 9.17. The fourth-order valence-electron chi connectivity index (χ4n) is 4.71. The van der Waals surface area contributed by atoms with Crippen LogP contribution < -0.4 is 5.32 Å². The van der Waals surface area contributed by atoms with Crippen LogP contribution >= 0.6 is 0 Å². The van der Waals surface area contributed by atoms with Gasteiger partial charge in [-0.3, -0.25) is 9.59 Å². The van der Waals surface area contributed by atoms with E-state index in [1.165, 1.54) is 11.0 Å². The summed E-state index contributed by atoms with van der Waals surface area (Å²) in [6.07, 6.45) is 0.693. The Labute approximate surface area is 222 Å². The van der Waals surface area contributed by atoms with E-state index in [1.807, 2.05) is 30.3 Å². The first kappa shape index (κ1) is 26.8. The van der Waals surface area contributed by atoms with Crippen LogP contribution in [0.4, 0.5) is 4.39 Å². The molecule has 0 saturated carbocycles. The van der Waals surface area contributed by atoms with Gasteiger partial charge in [0.05, 0.1) is 18.7 Å². The summed E-state index contributed by atoms with van der Waals surface area (Å²) in [5, 5.41) is 2.92. The predicted molar refractivity (Wildman–Crippen MR) is 143 cm³/mol. The summed E-state index contributed by atoms with van der Waals surface area (Å²) in [5.41, 5.74) is 3.49. The molecule has 0 fully saturated rings. The number of nitrogens with one attached hydrogen (secondary N) is 1. The van der Waals surface area contributed by atoms with Crippen molar-refractivity contribution in [2.45, 2.75) is 39.2 Å². The third kappa shape index (κ3) is 6.17. The van der Waals surface area contributed by atoms with Crippen LogP contribution in [-0.2, 0) is 27.3 Å². The van der Waals surface area contributed by atoms with Crippen LogP contribution in [0.5, 0.6) is 0 Å². The molecule has 0 saturated heterocycles. The summed E-state index contributed by atoms with van der Waals surface area (Å²) in [6.45, 7) is 4.30. The summed E-state index contributed by atoms with van der Waals surface area (Å²) in [4.78, 5) is 40.2. The molecule has 1 atom stereocenters. The highest BCUT2D eigenvalue weighted by Gasteiger charge is 2.37. The summed E-state index contributed by atoms with van der Waals surface area (Å²) < 4.78 is 19.9. The number of ether oxygens (including phenoxy) is 1. The number of esters is 1. The van der Waals surface area contributed by atoms with Gasteiger partial charge in [-0.05, 0) is 55.2 Å². The maximum absolute atomic E-state index is 14.6. The second kappa shape index (κ2) is 12.3. The molecular weight excluding hydrogens is 483 g/mol. The molecule has 1 aliphatic rings. The van der Waals surface area contributed by atoms with Crippen molar-refractivity contribution in [3.8, 4) is 0 Å². The van der Waals surface area contributed by atoms with Crippen molar-refractivity contribution >= 4 is 17.8 Å². The molecule has 0 aliphatic carbocycles. The molecule has 1 unspecified atom stereocenters. The quantitative estimate of drug-likeness (QED) is 0.401. The molecule has 7 heteroatoms. The van der Waals surface area contributed by atoms with Gasteiger partial charge in [0, 0.05) is 30.1 Å². The van der Waals surface area contributed by atoms with Crippen LogP contribution in [0.15, 0.2) is 90.1 Å². The van der Waals surface area contributed by atoms with Crippen LogP contribution in [0.2, 0.25) is 0 Å². The Hall–Kier alpha value is -4.26. The van der Waals surface area contributed by atoms with E-state index in [2.05, 4.69) is 5.32 Å². The van der Waals surface area contributed by atoms with Gasteiger partial charge in [0.2, 0.25) is 5.91 Å². The van der Waals surface area contributed by atoms with Gasteiger partial charge in [0.15, 0.2) is 0 Å². The number of allylic oxidation sites excluding steroid dienone is 1.